The van der Waals surface area contributed by atoms with Crippen molar-refractivity contribution in [2.75, 3.05) is 39.6 Å². The van der Waals surface area contributed by atoms with E-state index < -0.39 is 91.5 Å². The van der Waals surface area contributed by atoms with Crippen LogP contribution in [0.25, 0.3) is 0 Å². The smallest absolute Gasteiger partial charge is 0.463 e. The number of allylic oxidation sites excluding steroid dienone is 30. The minimum atomic E-state index is -4.95. The summed E-state index contributed by atoms with van der Waals surface area (Å²) in [5.41, 5.74) is 0. The minimum Gasteiger partial charge on any atom is -0.463 e. The summed E-state index contributed by atoms with van der Waals surface area (Å²) < 4.78 is 61.6. The van der Waals surface area contributed by atoms with Crippen LogP contribution in [0.3, 0.4) is 0 Å². The second-order valence-electron chi connectivity index (χ2n) is 31.0. The number of ether oxygens (including phenoxy) is 3. The fraction of sp³-hybridized carbons (Fsp3) is 0.673. The number of phosphoric acid groups is 2. The van der Waals surface area contributed by atoms with Crippen LogP contribution in [-0.4, -0.2) is 95.9 Å². The van der Waals surface area contributed by atoms with Crippen molar-refractivity contribution < 1.29 is 75.8 Å². The number of aliphatic hydroxyl groups excluding tert-OH is 2. The molecule has 0 aliphatic heterocycles. The largest absolute Gasteiger partial charge is 0.472 e. The van der Waals surface area contributed by atoms with E-state index in [2.05, 4.69) is 203 Å². The third kappa shape index (κ3) is 93.2. The van der Waals surface area contributed by atoms with Gasteiger partial charge in [0.15, 0.2) is 6.10 Å². The van der Waals surface area contributed by atoms with Gasteiger partial charge in [0.1, 0.15) is 25.4 Å². The molecule has 0 aromatic rings. The van der Waals surface area contributed by atoms with E-state index in [1.54, 1.807) is 0 Å². The van der Waals surface area contributed by atoms with Crippen LogP contribution >= 0.6 is 15.6 Å². The molecule has 0 aliphatic rings. The average molecular weight is 1700 g/mol. The topological polar surface area (TPSA) is 231 Å². The van der Waals surface area contributed by atoms with Crippen LogP contribution in [0.4, 0.5) is 0 Å². The maximum atomic E-state index is 13.1. The van der Waals surface area contributed by atoms with Crippen molar-refractivity contribution >= 4 is 33.6 Å². The van der Waals surface area contributed by atoms with Crippen LogP contribution in [0, 0.1) is 0 Å². The molecule has 4 N–H and O–H groups in total. The van der Waals surface area contributed by atoms with Gasteiger partial charge in [0.25, 0.3) is 0 Å². The lowest BCUT2D eigenvalue weighted by Crippen LogP contribution is -2.30. The van der Waals surface area contributed by atoms with Crippen LogP contribution in [-0.2, 0) is 55.8 Å². The lowest BCUT2D eigenvalue weighted by molar-refractivity contribution is -0.161. The normalized spacial score (nSPS) is 14.6. The van der Waals surface area contributed by atoms with Gasteiger partial charge < -0.3 is 34.2 Å². The van der Waals surface area contributed by atoms with Crippen molar-refractivity contribution in [3.05, 3.63) is 182 Å². The van der Waals surface area contributed by atoms with Crippen LogP contribution in [0.2, 0.25) is 0 Å². The Bertz CT molecular complexity index is 2890. The van der Waals surface area contributed by atoms with Gasteiger partial charge in [0.2, 0.25) is 0 Å². The Hall–Kier alpha value is -5.35. The molecule has 0 saturated carbocycles. The van der Waals surface area contributed by atoms with E-state index in [1.165, 1.54) is 141 Å². The lowest BCUT2D eigenvalue weighted by Gasteiger charge is -2.21. The first-order valence-electron chi connectivity index (χ1n) is 47.1. The lowest BCUT2D eigenvalue weighted by atomic mass is 10.0. The first-order valence-corrected chi connectivity index (χ1v) is 50.1. The molecule has 18 heteroatoms. The Labute approximate surface area is 725 Å². The Morgan fingerprint density at radius 2 is 0.420 bits per heavy atom. The van der Waals surface area contributed by atoms with Gasteiger partial charge in [-0.3, -0.25) is 32.5 Å². The molecule has 0 rings (SSSR count). The first kappa shape index (κ1) is 114. The van der Waals surface area contributed by atoms with Crippen molar-refractivity contribution in [2.24, 2.45) is 0 Å². The molecule has 0 fully saturated rings. The average Bonchev–Trinajstić information content (AvgIpc) is 0.905. The Morgan fingerprint density at radius 3 is 0.664 bits per heavy atom. The number of carbonyl (C=O) groups is 3. The fourth-order valence-corrected chi connectivity index (χ4v) is 14.2. The number of phosphoric ester groups is 2. The van der Waals surface area contributed by atoms with Gasteiger partial charge in [-0.2, -0.15) is 0 Å². The van der Waals surface area contributed by atoms with Crippen LogP contribution in [0.1, 0.15) is 380 Å². The third-order valence-corrected chi connectivity index (χ3v) is 21.5. The molecule has 0 aromatic carbocycles. The van der Waals surface area contributed by atoms with E-state index in [-0.39, 0.29) is 19.3 Å². The highest BCUT2D eigenvalue weighted by molar-refractivity contribution is 7.47. The van der Waals surface area contributed by atoms with E-state index >= 15 is 0 Å². The summed E-state index contributed by atoms with van der Waals surface area (Å²) >= 11 is 0. The molecule has 0 radical (unpaired) electrons. The minimum absolute atomic E-state index is 0.0913. The van der Waals surface area contributed by atoms with Crippen molar-refractivity contribution in [1.82, 2.24) is 0 Å². The van der Waals surface area contributed by atoms with Crippen LogP contribution in [0.15, 0.2) is 182 Å². The zero-order valence-corrected chi connectivity index (χ0v) is 76.8. The van der Waals surface area contributed by atoms with Crippen LogP contribution in [0.5, 0.6) is 0 Å². The highest BCUT2D eigenvalue weighted by Crippen LogP contribution is 2.45. The predicted octanol–water partition coefficient (Wildman–Crippen LogP) is 29.2. The monoisotopic (exact) mass is 1700 g/mol. The molecule has 0 amide bonds. The van der Waals surface area contributed by atoms with Gasteiger partial charge in [0.05, 0.1) is 26.4 Å². The van der Waals surface area contributed by atoms with Gasteiger partial charge in [-0.15, -0.1) is 0 Å². The number of esters is 3. The summed E-state index contributed by atoms with van der Waals surface area (Å²) in [6.07, 6.45) is 121. The molecule has 16 nitrogen and oxygen atoms in total. The van der Waals surface area contributed by atoms with Gasteiger partial charge in [0, 0.05) is 19.3 Å². The highest BCUT2D eigenvalue weighted by atomic mass is 31.2. The summed E-state index contributed by atoms with van der Waals surface area (Å²) in [6.45, 7) is 2.38. The third-order valence-electron chi connectivity index (χ3n) is 19.6. The first-order chi connectivity index (χ1) is 58.2. The standard InChI is InChI=1S/C101H170O16P2/c1-4-7-10-13-16-19-22-25-28-31-34-37-40-43-45-46-47-48-50-53-54-57-60-63-66-69-72-75-78-81-84-87-99(104)111-90-96(102)91-113-118(107,108)114-92-97(103)93-115-119(109,110)116-95-98(117-101(106)89-86-83-80-77-74-71-68-65-62-59-56-51-42-39-36-33-30-27-24-21-18-15-12-9-6-3)94-112-100(105)88-85-82-79-76-73-70-67-64-61-58-55-52-49-44-41-38-35-32-29-26-23-20-17-14-11-8-5-2/h7-12,16-21,25-30,34-39,43-45,49,51,56,96-98,102-103H,4-6,13-15,22-24,31-33,40-42,46-48,50,52-55,57-95H2,1-3H3,(H,107,108)(H,109,110)/b10-7-,11-8-,12-9-,19-16-,20-17-,21-18-,28-25-,29-26-,30-27-,37-34-,38-35-,39-36-,45-43-,49-44-,56-51-. The number of hydrogen-bond acceptors (Lipinski definition) is 14. The molecule has 5 atom stereocenters. The zero-order chi connectivity index (χ0) is 86.5. The summed E-state index contributed by atoms with van der Waals surface area (Å²) in [4.78, 5) is 59.1. The molecular weight excluding hydrogens is 1530 g/mol. The van der Waals surface area contributed by atoms with E-state index in [1.807, 2.05) is 0 Å². The highest BCUT2D eigenvalue weighted by Gasteiger charge is 2.29. The number of unbranched alkanes of at least 4 members (excludes halogenated alkanes) is 35. The second-order valence-corrected chi connectivity index (χ2v) is 33.9. The number of carbonyl (C=O) groups excluding carboxylic acids is 3. The van der Waals surface area contributed by atoms with E-state index in [4.69, 9.17) is 32.3 Å². The molecular formula is C101H170O16P2. The predicted molar refractivity (Wildman–Crippen MR) is 500 cm³/mol. The zero-order valence-electron chi connectivity index (χ0n) is 75.0. The van der Waals surface area contributed by atoms with Gasteiger partial charge in [-0.1, -0.05) is 389 Å². The van der Waals surface area contributed by atoms with Crippen molar-refractivity contribution in [3.8, 4) is 0 Å². The molecule has 0 aromatic heterocycles. The molecule has 0 saturated heterocycles. The van der Waals surface area contributed by atoms with Crippen LogP contribution < -0.4 is 0 Å². The summed E-state index contributed by atoms with van der Waals surface area (Å²) in [5, 5.41) is 20.8. The fourth-order valence-electron chi connectivity index (χ4n) is 12.6. The van der Waals surface area contributed by atoms with Gasteiger partial charge >= 0.3 is 33.6 Å². The Balaban J connectivity index is 4.63. The number of hydrogen-bond donors (Lipinski definition) is 4. The molecule has 5 unspecified atom stereocenters. The quantitative estimate of drug-likeness (QED) is 0.0146. The molecule has 119 heavy (non-hydrogen) atoms. The Morgan fingerprint density at radius 1 is 0.235 bits per heavy atom. The van der Waals surface area contributed by atoms with E-state index in [0.717, 1.165) is 180 Å². The van der Waals surface area contributed by atoms with E-state index in [0.29, 0.717) is 19.3 Å². The van der Waals surface area contributed by atoms with Gasteiger partial charge in [-0.05, 0) is 154 Å². The van der Waals surface area contributed by atoms with Gasteiger partial charge in [-0.25, -0.2) is 9.13 Å². The number of aliphatic hydroxyl groups is 2. The maximum Gasteiger partial charge on any atom is 0.472 e. The number of rotatable bonds is 88. The van der Waals surface area contributed by atoms with Crippen molar-refractivity contribution in [2.45, 2.75) is 399 Å². The maximum absolute atomic E-state index is 13.1. The van der Waals surface area contributed by atoms with Crippen molar-refractivity contribution in [3.63, 3.8) is 0 Å². The molecule has 0 heterocycles. The van der Waals surface area contributed by atoms with Crippen molar-refractivity contribution in [1.29, 1.82) is 0 Å². The molecule has 0 spiro atoms. The summed E-state index contributed by atoms with van der Waals surface area (Å²) in [5.74, 6) is -1.58. The summed E-state index contributed by atoms with van der Waals surface area (Å²) in [6, 6.07) is 0. The molecule has 680 valence electrons. The molecule has 0 aliphatic carbocycles. The molecule has 0 bridgehead atoms. The van der Waals surface area contributed by atoms with E-state index in [9.17, 15) is 43.5 Å². The SMILES string of the molecule is CC/C=C\C/C=C\C/C=C\C/C=C\C/C=C\CCCCCCCCCCCCCCCCCC(=O)OCC(O)COP(=O)(O)OCC(O)COP(=O)(O)OCC(COC(=O)CCCCCCCCCCCCC/C=C\C/C=C\C/C=C\C/C=C\C/C=C\CC)OC(=O)CCCCCCCCCCC/C=C\C/C=C\C/C=C\C/C=C\C/C=C\CC. The second kappa shape index (κ2) is 91.8. The Kier molecular flexibility index (Phi) is 87.7. The summed E-state index contributed by atoms with van der Waals surface area (Å²) in [7, 11) is -9.82.